The summed E-state index contributed by atoms with van der Waals surface area (Å²) >= 11 is 5.31. The molecular formula is C15H26S. The molecule has 2 atom stereocenters. The summed E-state index contributed by atoms with van der Waals surface area (Å²) in [4.78, 5) is 1.06. The van der Waals surface area contributed by atoms with E-state index in [4.69, 9.17) is 12.2 Å². The van der Waals surface area contributed by atoms with Gasteiger partial charge in [0.1, 0.15) is 0 Å². The van der Waals surface area contributed by atoms with Crippen LogP contribution < -0.4 is 0 Å². The fraction of sp³-hybridized carbons (Fsp3) is 0.667. The minimum Gasteiger partial charge on any atom is -0.103 e. The van der Waals surface area contributed by atoms with Crippen LogP contribution in [0.1, 0.15) is 47.0 Å². The molecular weight excluding hydrogens is 212 g/mol. The van der Waals surface area contributed by atoms with Crippen LogP contribution in [0.15, 0.2) is 24.8 Å². The maximum Gasteiger partial charge on any atom is 0.0174 e. The zero-order chi connectivity index (χ0) is 12.6. The monoisotopic (exact) mass is 238 g/mol. The highest BCUT2D eigenvalue weighted by atomic mass is 32.1. The summed E-state index contributed by atoms with van der Waals surface area (Å²) in [6.07, 6.45) is 9.98. The lowest BCUT2D eigenvalue weighted by Gasteiger charge is -2.15. The Kier molecular flexibility index (Phi) is 8.46. The summed E-state index contributed by atoms with van der Waals surface area (Å²) in [7, 11) is 0. The van der Waals surface area contributed by atoms with Gasteiger partial charge in [0.15, 0.2) is 0 Å². The Labute approximate surface area is 107 Å². The molecule has 0 aromatic carbocycles. The lowest BCUT2D eigenvalue weighted by Crippen LogP contribution is -2.05. The minimum absolute atomic E-state index is 0.481. The second kappa shape index (κ2) is 8.69. The number of allylic oxidation sites excluding steroid dienone is 3. The van der Waals surface area contributed by atoms with E-state index in [-0.39, 0.29) is 0 Å². The normalized spacial score (nSPS) is 15.3. The molecule has 0 nitrogen and oxygen atoms in total. The van der Waals surface area contributed by atoms with Crippen LogP contribution in [0.4, 0.5) is 0 Å². The number of hydrogen-bond donors (Lipinski definition) is 0. The molecule has 2 unspecified atom stereocenters. The van der Waals surface area contributed by atoms with Gasteiger partial charge in [0.25, 0.3) is 0 Å². The molecule has 0 saturated heterocycles. The molecule has 0 aliphatic heterocycles. The minimum atomic E-state index is 0.481. The molecule has 16 heavy (non-hydrogen) atoms. The number of rotatable bonds is 8. The van der Waals surface area contributed by atoms with E-state index in [1.165, 1.54) is 12.8 Å². The Balaban J connectivity index is 4.19. The first-order valence-corrected chi connectivity index (χ1v) is 6.75. The largest absolute Gasteiger partial charge is 0.103 e. The van der Waals surface area contributed by atoms with Crippen molar-refractivity contribution in [3.8, 4) is 0 Å². The lowest BCUT2D eigenvalue weighted by atomic mass is 9.91. The highest BCUT2D eigenvalue weighted by Crippen LogP contribution is 2.20. The molecule has 0 radical (unpaired) electrons. The standard InChI is InChI=1S/C15H26S/c1-6-8-13(5)11-14(7-2)9-10-15(16)12(3)4/h6,9-10,12-14H,1,7-8,11H2,2-5H3/b10-9+. The molecule has 0 aliphatic rings. The van der Waals surface area contributed by atoms with Gasteiger partial charge in [-0.1, -0.05) is 58.1 Å². The highest BCUT2D eigenvalue weighted by Gasteiger charge is 2.08. The smallest absolute Gasteiger partial charge is 0.0174 e. The summed E-state index contributed by atoms with van der Waals surface area (Å²) < 4.78 is 0. The molecule has 0 N–H and O–H groups in total. The molecule has 0 aromatic heterocycles. The van der Waals surface area contributed by atoms with Crippen molar-refractivity contribution in [1.29, 1.82) is 0 Å². The van der Waals surface area contributed by atoms with Gasteiger partial charge in [-0.05, 0) is 37.0 Å². The van der Waals surface area contributed by atoms with Crippen LogP contribution in [-0.4, -0.2) is 4.86 Å². The average Bonchev–Trinajstić information content (AvgIpc) is 2.23. The molecule has 1 heteroatoms. The van der Waals surface area contributed by atoms with E-state index < -0.39 is 0 Å². The summed E-state index contributed by atoms with van der Waals surface area (Å²) in [5.74, 6) is 1.86. The van der Waals surface area contributed by atoms with E-state index in [0.29, 0.717) is 11.8 Å². The third kappa shape index (κ3) is 6.95. The molecule has 0 heterocycles. The summed E-state index contributed by atoms with van der Waals surface area (Å²) in [6.45, 7) is 12.6. The highest BCUT2D eigenvalue weighted by molar-refractivity contribution is 7.80. The van der Waals surface area contributed by atoms with Gasteiger partial charge in [-0.3, -0.25) is 0 Å². The van der Waals surface area contributed by atoms with E-state index in [1.807, 2.05) is 6.08 Å². The van der Waals surface area contributed by atoms with Crippen LogP contribution in [0.2, 0.25) is 0 Å². The van der Waals surface area contributed by atoms with Crippen molar-refractivity contribution in [3.63, 3.8) is 0 Å². The summed E-state index contributed by atoms with van der Waals surface area (Å²) in [5, 5.41) is 0. The van der Waals surface area contributed by atoms with Gasteiger partial charge in [-0.15, -0.1) is 6.58 Å². The molecule has 0 saturated carbocycles. The second-order valence-electron chi connectivity index (χ2n) is 4.95. The van der Waals surface area contributed by atoms with Crippen molar-refractivity contribution in [2.24, 2.45) is 17.8 Å². The first-order chi connectivity index (χ1) is 7.51. The van der Waals surface area contributed by atoms with Crippen LogP contribution in [0.3, 0.4) is 0 Å². The van der Waals surface area contributed by atoms with Crippen molar-refractivity contribution < 1.29 is 0 Å². The number of hydrogen-bond acceptors (Lipinski definition) is 1. The van der Waals surface area contributed by atoms with Crippen molar-refractivity contribution in [1.82, 2.24) is 0 Å². The zero-order valence-corrected chi connectivity index (χ0v) is 12.0. The van der Waals surface area contributed by atoms with Gasteiger partial charge in [0.2, 0.25) is 0 Å². The molecule has 0 amide bonds. The van der Waals surface area contributed by atoms with Crippen molar-refractivity contribution in [2.45, 2.75) is 47.0 Å². The SMILES string of the molecule is C=CCC(C)CC(/C=C/C(=S)C(C)C)CC. The maximum atomic E-state index is 5.31. The van der Waals surface area contributed by atoms with Crippen LogP contribution in [0.5, 0.6) is 0 Å². The van der Waals surface area contributed by atoms with Crippen LogP contribution in [0, 0.1) is 17.8 Å². The van der Waals surface area contributed by atoms with E-state index in [0.717, 1.165) is 17.2 Å². The molecule has 0 fully saturated rings. The van der Waals surface area contributed by atoms with Gasteiger partial charge in [-0.25, -0.2) is 0 Å². The van der Waals surface area contributed by atoms with Crippen LogP contribution in [0.25, 0.3) is 0 Å². The van der Waals surface area contributed by atoms with Crippen molar-refractivity contribution >= 4 is 17.1 Å². The molecule has 0 aliphatic carbocycles. The third-order valence-electron chi connectivity index (χ3n) is 2.90. The predicted octanol–water partition coefficient (Wildman–Crippen LogP) is 5.20. The first-order valence-electron chi connectivity index (χ1n) is 6.34. The Morgan fingerprint density at radius 3 is 2.38 bits per heavy atom. The summed E-state index contributed by atoms with van der Waals surface area (Å²) in [6, 6.07) is 0. The average molecular weight is 238 g/mol. The first kappa shape index (κ1) is 15.6. The van der Waals surface area contributed by atoms with Crippen molar-refractivity contribution in [2.75, 3.05) is 0 Å². The molecule has 92 valence electrons. The zero-order valence-electron chi connectivity index (χ0n) is 11.2. The predicted molar refractivity (Wildman–Crippen MR) is 79.0 cm³/mol. The maximum absolute atomic E-state index is 5.31. The quantitative estimate of drug-likeness (QED) is 0.318. The lowest BCUT2D eigenvalue weighted by molar-refractivity contribution is 0.441. The number of thiocarbonyl (C=S) groups is 1. The van der Waals surface area contributed by atoms with Crippen molar-refractivity contribution in [3.05, 3.63) is 24.8 Å². The van der Waals surface area contributed by atoms with Crippen LogP contribution in [-0.2, 0) is 0 Å². The van der Waals surface area contributed by atoms with Gasteiger partial charge in [0, 0.05) is 4.86 Å². The van der Waals surface area contributed by atoms with E-state index in [2.05, 4.69) is 46.4 Å². The fourth-order valence-electron chi connectivity index (χ4n) is 1.70. The Morgan fingerprint density at radius 2 is 1.94 bits per heavy atom. The Morgan fingerprint density at radius 1 is 1.31 bits per heavy atom. The molecule has 0 spiro atoms. The molecule has 0 rings (SSSR count). The molecule has 0 bridgehead atoms. The van der Waals surface area contributed by atoms with E-state index in [9.17, 15) is 0 Å². The van der Waals surface area contributed by atoms with E-state index >= 15 is 0 Å². The third-order valence-corrected chi connectivity index (χ3v) is 3.51. The van der Waals surface area contributed by atoms with Gasteiger partial charge >= 0.3 is 0 Å². The van der Waals surface area contributed by atoms with Crippen LogP contribution >= 0.6 is 12.2 Å². The van der Waals surface area contributed by atoms with Gasteiger partial charge < -0.3 is 0 Å². The topological polar surface area (TPSA) is 0 Å². The molecule has 0 aromatic rings. The van der Waals surface area contributed by atoms with Gasteiger partial charge in [0.05, 0.1) is 0 Å². The van der Waals surface area contributed by atoms with Gasteiger partial charge in [-0.2, -0.15) is 0 Å². The Bertz CT molecular complexity index is 238. The second-order valence-corrected chi connectivity index (χ2v) is 5.42. The fourth-order valence-corrected chi connectivity index (χ4v) is 1.78. The Hall–Kier alpha value is -0.430. The summed E-state index contributed by atoms with van der Waals surface area (Å²) in [5.41, 5.74) is 0. The van der Waals surface area contributed by atoms with E-state index in [1.54, 1.807) is 0 Å².